The summed E-state index contributed by atoms with van der Waals surface area (Å²) in [7, 11) is -3.62. The van der Waals surface area contributed by atoms with Crippen LogP contribution in [-0.4, -0.2) is 25.7 Å². The molecule has 0 aromatic heterocycles. The van der Waals surface area contributed by atoms with Gasteiger partial charge in [-0.15, -0.1) is 0 Å². The topological polar surface area (TPSA) is 100 Å². The maximum absolute atomic E-state index is 9.54. The molecule has 0 saturated heterocycles. The summed E-state index contributed by atoms with van der Waals surface area (Å²) in [6.45, 7) is 0. The molecule has 0 amide bonds. The summed E-state index contributed by atoms with van der Waals surface area (Å²) in [5, 5.41) is 17.4. The first-order valence-corrected chi connectivity index (χ1v) is 3.05. The summed E-state index contributed by atoms with van der Waals surface area (Å²) in [5.41, 5.74) is -2.33. The highest BCUT2D eigenvalue weighted by Gasteiger charge is 2.04. The van der Waals surface area contributed by atoms with Crippen molar-refractivity contribution < 1.29 is 24.3 Å². The average molecular weight is 134 g/mol. The Morgan fingerprint density at radius 3 is 2.12 bits per heavy atom. The SMILES string of the molecule is O=C([O-])C(O)[Si](=O)[O-]. The Labute approximate surface area is 46.0 Å². The van der Waals surface area contributed by atoms with E-state index in [0.717, 1.165) is 0 Å². The summed E-state index contributed by atoms with van der Waals surface area (Å²) < 4.78 is 9.54. The van der Waals surface area contributed by atoms with Crippen LogP contribution in [0.3, 0.4) is 0 Å². The van der Waals surface area contributed by atoms with E-state index >= 15 is 0 Å². The highest BCUT2D eigenvalue weighted by molar-refractivity contribution is 6.38. The lowest BCUT2D eigenvalue weighted by atomic mass is 10.7. The number of aliphatic hydroxyl groups is 1. The first-order chi connectivity index (χ1) is 3.55. The van der Waals surface area contributed by atoms with Crippen LogP contribution in [0.15, 0.2) is 0 Å². The summed E-state index contributed by atoms with van der Waals surface area (Å²) in [4.78, 5) is 18.9. The van der Waals surface area contributed by atoms with Gasteiger partial charge in [0, 0.05) is 0 Å². The first-order valence-electron chi connectivity index (χ1n) is 1.65. The van der Waals surface area contributed by atoms with Gasteiger partial charge in [0.25, 0.3) is 0 Å². The molecule has 6 heteroatoms. The number of carboxylic acid groups (broad SMARTS) is 1. The predicted octanol–water partition coefficient (Wildman–Crippen LogP) is -4.08. The van der Waals surface area contributed by atoms with Crippen LogP contribution in [0.4, 0.5) is 0 Å². The third-order valence-corrected chi connectivity index (χ3v) is 1.13. The number of aliphatic carboxylic acids is 1. The normalized spacial score (nSPS) is 12.6. The van der Waals surface area contributed by atoms with Crippen LogP contribution in [0.1, 0.15) is 0 Å². The molecule has 0 aromatic carbocycles. The minimum atomic E-state index is -3.62. The van der Waals surface area contributed by atoms with Crippen molar-refractivity contribution in [2.24, 2.45) is 0 Å². The summed E-state index contributed by atoms with van der Waals surface area (Å²) in [6, 6.07) is 0. The largest absolute Gasteiger partial charge is 0.584 e. The van der Waals surface area contributed by atoms with Crippen molar-refractivity contribution in [3.63, 3.8) is 0 Å². The molecule has 0 aromatic rings. The minimum Gasteiger partial charge on any atom is -0.584 e. The van der Waals surface area contributed by atoms with Gasteiger partial charge >= 0.3 is 0 Å². The van der Waals surface area contributed by atoms with Crippen molar-refractivity contribution in [2.45, 2.75) is 5.73 Å². The number of carbonyl (C=O) groups excluding carboxylic acids is 1. The molecule has 0 rings (SSSR count). The van der Waals surface area contributed by atoms with Crippen LogP contribution in [0.25, 0.3) is 0 Å². The van der Waals surface area contributed by atoms with Gasteiger partial charge in [0.1, 0.15) is 5.73 Å². The number of rotatable bonds is 2. The van der Waals surface area contributed by atoms with Crippen LogP contribution in [-0.2, 0) is 9.26 Å². The Hall–Kier alpha value is -0.753. The Morgan fingerprint density at radius 2 is 2.12 bits per heavy atom. The molecule has 0 radical (unpaired) electrons. The third-order valence-electron chi connectivity index (χ3n) is 0.447. The van der Waals surface area contributed by atoms with Crippen molar-refractivity contribution >= 4 is 14.9 Å². The fourth-order valence-corrected chi connectivity index (χ4v) is 0.289. The van der Waals surface area contributed by atoms with Gasteiger partial charge in [0.05, 0.1) is 5.97 Å². The lowest BCUT2D eigenvalue weighted by molar-refractivity contribution is -0.314. The van der Waals surface area contributed by atoms with Crippen LogP contribution < -0.4 is 9.90 Å². The lowest BCUT2D eigenvalue weighted by Gasteiger charge is -2.09. The second kappa shape index (κ2) is 2.53. The van der Waals surface area contributed by atoms with Crippen molar-refractivity contribution in [2.75, 3.05) is 0 Å². The maximum atomic E-state index is 9.54. The van der Waals surface area contributed by atoms with Gasteiger partial charge in [-0.3, -0.25) is 0 Å². The number of aliphatic hydroxyl groups excluding tert-OH is 1. The Balaban J connectivity index is 3.83. The van der Waals surface area contributed by atoms with E-state index in [1.54, 1.807) is 0 Å². The molecule has 0 saturated carbocycles. The Morgan fingerprint density at radius 1 is 1.75 bits per heavy atom. The second-order valence-electron chi connectivity index (χ2n) is 1.04. The summed E-state index contributed by atoms with van der Waals surface area (Å²) in [5.74, 6) is -1.98. The van der Waals surface area contributed by atoms with E-state index in [0.29, 0.717) is 0 Å². The van der Waals surface area contributed by atoms with Crippen LogP contribution >= 0.6 is 0 Å². The molecule has 1 atom stereocenters. The van der Waals surface area contributed by atoms with Gasteiger partial charge in [-0.2, -0.15) is 0 Å². The molecule has 0 aliphatic carbocycles. The first kappa shape index (κ1) is 7.25. The van der Waals surface area contributed by atoms with Crippen molar-refractivity contribution in [1.29, 1.82) is 0 Å². The smallest absolute Gasteiger partial charge is 0.180 e. The quantitative estimate of drug-likeness (QED) is 0.387. The van der Waals surface area contributed by atoms with Gasteiger partial charge in [0.2, 0.25) is 0 Å². The van der Waals surface area contributed by atoms with E-state index < -0.39 is 20.6 Å². The molecule has 0 spiro atoms. The van der Waals surface area contributed by atoms with E-state index in [1.807, 2.05) is 0 Å². The van der Waals surface area contributed by atoms with Crippen LogP contribution in [0.2, 0.25) is 0 Å². The summed E-state index contributed by atoms with van der Waals surface area (Å²) >= 11 is 0. The molecule has 8 heavy (non-hydrogen) atoms. The van der Waals surface area contributed by atoms with Crippen molar-refractivity contribution in [3.05, 3.63) is 0 Å². The zero-order valence-corrected chi connectivity index (χ0v) is 4.66. The van der Waals surface area contributed by atoms with Crippen molar-refractivity contribution in [1.82, 2.24) is 0 Å². The van der Waals surface area contributed by atoms with Crippen LogP contribution in [0.5, 0.6) is 0 Å². The highest BCUT2D eigenvalue weighted by Crippen LogP contribution is 1.71. The van der Waals surface area contributed by atoms with Gasteiger partial charge in [-0.25, -0.2) is 0 Å². The second-order valence-corrected chi connectivity index (χ2v) is 2.23. The van der Waals surface area contributed by atoms with Gasteiger partial charge in [-0.05, 0) is 0 Å². The highest BCUT2D eigenvalue weighted by atomic mass is 28.3. The van der Waals surface area contributed by atoms with E-state index in [9.17, 15) is 19.2 Å². The monoisotopic (exact) mass is 134 g/mol. The zero-order chi connectivity index (χ0) is 6.73. The molecular weight excluding hydrogens is 132 g/mol. The molecule has 1 unspecified atom stereocenters. The maximum Gasteiger partial charge on any atom is 0.180 e. The van der Waals surface area contributed by atoms with Crippen molar-refractivity contribution in [3.8, 4) is 0 Å². The van der Waals surface area contributed by atoms with Crippen LogP contribution in [0, 0.1) is 0 Å². The zero-order valence-electron chi connectivity index (χ0n) is 3.66. The predicted molar refractivity (Wildman–Crippen MR) is 17.5 cm³/mol. The fourth-order valence-electron chi connectivity index (χ4n) is 0.0962. The summed E-state index contributed by atoms with van der Waals surface area (Å²) in [6.07, 6.45) is 0. The van der Waals surface area contributed by atoms with Gasteiger partial charge < -0.3 is 24.3 Å². The number of carboxylic acids is 1. The molecule has 0 bridgehead atoms. The number of hydrogen-bond acceptors (Lipinski definition) is 5. The molecule has 0 aliphatic heterocycles. The van der Waals surface area contributed by atoms with Gasteiger partial charge in [-0.1, -0.05) is 0 Å². The average Bonchev–Trinajstić information content (AvgIpc) is 1.64. The number of hydrogen-bond donors (Lipinski definition) is 1. The molecule has 5 nitrogen and oxygen atoms in total. The van der Waals surface area contributed by atoms with E-state index in [4.69, 9.17) is 5.11 Å². The Kier molecular flexibility index (Phi) is 2.29. The Bertz CT molecular complexity index is 106. The fraction of sp³-hybridized carbons (Fsp3) is 0.500. The van der Waals surface area contributed by atoms with E-state index in [2.05, 4.69) is 0 Å². The van der Waals surface area contributed by atoms with Gasteiger partial charge in [0.15, 0.2) is 8.93 Å². The van der Waals surface area contributed by atoms with E-state index in [-0.39, 0.29) is 0 Å². The van der Waals surface area contributed by atoms with E-state index in [1.165, 1.54) is 0 Å². The molecule has 46 valence electrons. The standard InChI is InChI=1S/C2H3O5Si/c3-1(4)2(5)8(6)7/h2,5H,(H,3,4)/q-1/p-1. The molecular formula is C2H2O5Si-2. The molecule has 0 fully saturated rings. The lowest BCUT2D eigenvalue weighted by Crippen LogP contribution is -2.47. The number of carbonyl (C=O) groups is 1. The molecule has 1 N–H and O–H groups in total. The molecule has 0 aliphatic rings. The molecule has 0 heterocycles. The minimum absolute atomic E-state index is 1.98. The third kappa shape index (κ3) is 1.80.